The van der Waals surface area contributed by atoms with Crippen LogP contribution in [0.4, 0.5) is 5.82 Å². The molecule has 2 heterocycles. The molecular weight excluding hydrogens is 393 g/mol. The van der Waals surface area contributed by atoms with Crippen LogP contribution in [0.3, 0.4) is 0 Å². The molecule has 3 nitrogen and oxygen atoms in total. The Bertz CT molecular complexity index is 797. The first-order chi connectivity index (χ1) is 10.0. The summed E-state index contributed by atoms with van der Waals surface area (Å²) < 4.78 is 2.36. The van der Waals surface area contributed by atoms with Gasteiger partial charge in [0.2, 0.25) is 0 Å². The minimum Gasteiger partial charge on any atom is -0.362 e. The molecular formula is C16H16IN3S. The van der Waals surface area contributed by atoms with E-state index >= 15 is 0 Å². The number of fused-ring (bicyclic) bond motifs is 1. The summed E-state index contributed by atoms with van der Waals surface area (Å²) in [5, 5.41) is 3.54. The molecule has 0 aliphatic carbocycles. The van der Waals surface area contributed by atoms with Gasteiger partial charge in [0.1, 0.15) is 11.6 Å². The molecule has 1 atom stereocenters. The second-order valence-corrected chi connectivity index (χ2v) is 8.11. The van der Waals surface area contributed by atoms with Crippen LogP contribution in [0.5, 0.6) is 0 Å². The van der Waals surface area contributed by atoms with Gasteiger partial charge in [-0.25, -0.2) is 9.97 Å². The molecule has 0 saturated carbocycles. The zero-order chi connectivity index (χ0) is 15.0. The van der Waals surface area contributed by atoms with Crippen molar-refractivity contribution in [1.82, 2.24) is 9.97 Å². The minimum absolute atomic E-state index is 0.210. The monoisotopic (exact) mass is 409 g/mol. The van der Waals surface area contributed by atoms with Crippen LogP contribution in [-0.2, 0) is 0 Å². The SMILES string of the molecule is Cc1cccc([C@@H](C)Nc2nc(C)nc3cc(I)sc23)c1. The summed E-state index contributed by atoms with van der Waals surface area (Å²) in [6, 6.07) is 10.9. The predicted molar refractivity (Wildman–Crippen MR) is 98.1 cm³/mol. The number of thiophene rings is 1. The lowest BCUT2D eigenvalue weighted by molar-refractivity contribution is 0.871. The third-order valence-electron chi connectivity index (χ3n) is 3.35. The van der Waals surface area contributed by atoms with Crippen LogP contribution in [0, 0.1) is 16.7 Å². The Kier molecular flexibility index (Phi) is 4.12. The van der Waals surface area contributed by atoms with Gasteiger partial charge in [-0.05, 0) is 55.0 Å². The van der Waals surface area contributed by atoms with Crippen LogP contribution >= 0.6 is 33.9 Å². The highest BCUT2D eigenvalue weighted by Gasteiger charge is 2.13. The fraction of sp³-hybridized carbons (Fsp3) is 0.250. The maximum absolute atomic E-state index is 4.59. The number of anilines is 1. The van der Waals surface area contributed by atoms with Crippen molar-refractivity contribution in [2.75, 3.05) is 5.32 Å². The normalized spacial score (nSPS) is 12.6. The number of nitrogens with zero attached hydrogens (tertiary/aromatic N) is 2. The largest absolute Gasteiger partial charge is 0.362 e. The number of aromatic nitrogens is 2. The number of hydrogen-bond acceptors (Lipinski definition) is 4. The average Bonchev–Trinajstić information content (AvgIpc) is 2.79. The van der Waals surface area contributed by atoms with E-state index in [1.807, 2.05) is 6.92 Å². The summed E-state index contributed by atoms with van der Waals surface area (Å²) in [7, 11) is 0. The van der Waals surface area contributed by atoms with Crippen LogP contribution in [0.1, 0.15) is 29.9 Å². The lowest BCUT2D eigenvalue weighted by Crippen LogP contribution is -2.09. The van der Waals surface area contributed by atoms with Crippen molar-refractivity contribution in [3.8, 4) is 0 Å². The zero-order valence-electron chi connectivity index (χ0n) is 12.1. The average molecular weight is 409 g/mol. The molecule has 3 rings (SSSR count). The first-order valence-corrected chi connectivity index (χ1v) is 8.69. The highest BCUT2D eigenvalue weighted by Crippen LogP contribution is 2.32. The van der Waals surface area contributed by atoms with Crippen LogP contribution < -0.4 is 5.32 Å². The fourth-order valence-corrected chi connectivity index (χ4v) is 4.07. The lowest BCUT2D eigenvalue weighted by Gasteiger charge is -2.16. The molecule has 0 saturated heterocycles. The lowest BCUT2D eigenvalue weighted by atomic mass is 10.1. The number of halogens is 1. The van der Waals surface area contributed by atoms with Crippen LogP contribution in [0.15, 0.2) is 30.3 Å². The molecule has 0 fully saturated rings. The van der Waals surface area contributed by atoms with Gasteiger partial charge in [0.15, 0.2) is 0 Å². The maximum Gasteiger partial charge on any atom is 0.148 e. The predicted octanol–water partition coefficient (Wildman–Crippen LogP) is 5.09. The van der Waals surface area contributed by atoms with E-state index in [9.17, 15) is 0 Å². The quantitative estimate of drug-likeness (QED) is 0.613. The van der Waals surface area contributed by atoms with E-state index in [2.05, 4.69) is 82.1 Å². The standard InChI is InChI=1S/C16H16IN3S/c1-9-5-4-6-12(7-9)10(2)18-16-15-13(8-14(17)21-15)19-11(3)20-16/h4-8,10H,1-3H3,(H,18,19,20)/t10-/m1/s1. The van der Waals surface area contributed by atoms with Gasteiger partial charge in [0.25, 0.3) is 0 Å². The molecule has 0 spiro atoms. The summed E-state index contributed by atoms with van der Waals surface area (Å²) in [5.74, 6) is 1.73. The van der Waals surface area contributed by atoms with Gasteiger partial charge in [0, 0.05) is 6.04 Å². The first kappa shape index (κ1) is 14.7. The Labute approximate surface area is 142 Å². The second-order valence-electron chi connectivity index (χ2n) is 5.16. The van der Waals surface area contributed by atoms with Crippen LogP contribution in [0.25, 0.3) is 10.2 Å². The summed E-state index contributed by atoms with van der Waals surface area (Å²) in [5.41, 5.74) is 3.57. The third kappa shape index (κ3) is 3.18. The van der Waals surface area contributed by atoms with Crippen molar-refractivity contribution in [2.24, 2.45) is 0 Å². The minimum atomic E-state index is 0.210. The molecule has 108 valence electrons. The molecule has 0 aliphatic heterocycles. The Morgan fingerprint density at radius 2 is 2.00 bits per heavy atom. The van der Waals surface area contributed by atoms with Crippen LogP contribution in [-0.4, -0.2) is 9.97 Å². The van der Waals surface area contributed by atoms with Crippen molar-refractivity contribution >= 4 is 50.0 Å². The highest BCUT2D eigenvalue weighted by molar-refractivity contribution is 14.1. The van der Waals surface area contributed by atoms with Gasteiger partial charge in [-0.2, -0.15) is 0 Å². The first-order valence-electron chi connectivity index (χ1n) is 6.80. The number of aryl methyl sites for hydroxylation is 2. The van der Waals surface area contributed by atoms with Crippen LogP contribution in [0.2, 0.25) is 0 Å². The van der Waals surface area contributed by atoms with E-state index in [4.69, 9.17) is 0 Å². The van der Waals surface area contributed by atoms with Crippen molar-refractivity contribution < 1.29 is 0 Å². The number of rotatable bonds is 3. The maximum atomic E-state index is 4.59. The Morgan fingerprint density at radius 3 is 2.76 bits per heavy atom. The van der Waals surface area contributed by atoms with E-state index in [1.54, 1.807) is 11.3 Å². The summed E-state index contributed by atoms with van der Waals surface area (Å²) >= 11 is 4.06. The van der Waals surface area contributed by atoms with Gasteiger partial charge >= 0.3 is 0 Å². The molecule has 21 heavy (non-hydrogen) atoms. The van der Waals surface area contributed by atoms with E-state index in [0.29, 0.717) is 0 Å². The van der Waals surface area contributed by atoms with Crippen molar-refractivity contribution in [3.05, 3.63) is 50.2 Å². The van der Waals surface area contributed by atoms with E-state index in [-0.39, 0.29) is 6.04 Å². The third-order valence-corrected chi connectivity index (χ3v) is 5.24. The van der Waals surface area contributed by atoms with E-state index in [0.717, 1.165) is 21.9 Å². The van der Waals surface area contributed by atoms with Crippen molar-refractivity contribution in [2.45, 2.75) is 26.8 Å². The molecule has 0 radical (unpaired) electrons. The molecule has 1 aromatic carbocycles. The zero-order valence-corrected chi connectivity index (χ0v) is 15.1. The summed E-state index contributed by atoms with van der Waals surface area (Å²) in [6.45, 7) is 6.22. The molecule has 0 amide bonds. The van der Waals surface area contributed by atoms with Crippen molar-refractivity contribution in [3.63, 3.8) is 0 Å². The van der Waals surface area contributed by atoms with E-state index < -0.39 is 0 Å². The topological polar surface area (TPSA) is 37.8 Å². The molecule has 5 heteroatoms. The van der Waals surface area contributed by atoms with Gasteiger partial charge in [-0.15, -0.1) is 11.3 Å². The Balaban J connectivity index is 1.97. The van der Waals surface area contributed by atoms with Gasteiger partial charge in [-0.1, -0.05) is 29.8 Å². The highest BCUT2D eigenvalue weighted by atomic mass is 127. The van der Waals surface area contributed by atoms with E-state index in [1.165, 1.54) is 14.0 Å². The molecule has 1 N–H and O–H groups in total. The second kappa shape index (κ2) is 5.88. The number of benzene rings is 1. The number of hydrogen-bond donors (Lipinski definition) is 1. The summed E-state index contributed by atoms with van der Waals surface area (Å²) in [4.78, 5) is 9.09. The molecule has 3 aromatic rings. The number of nitrogens with one attached hydrogen (secondary N) is 1. The fourth-order valence-electron chi connectivity index (χ4n) is 2.34. The Morgan fingerprint density at radius 1 is 1.19 bits per heavy atom. The van der Waals surface area contributed by atoms with Crippen molar-refractivity contribution in [1.29, 1.82) is 0 Å². The smallest absolute Gasteiger partial charge is 0.148 e. The van der Waals surface area contributed by atoms with Gasteiger partial charge in [0.05, 0.1) is 13.1 Å². The molecule has 2 aromatic heterocycles. The molecule has 0 unspecified atom stereocenters. The molecule has 0 bridgehead atoms. The van der Waals surface area contributed by atoms with Gasteiger partial charge in [-0.3, -0.25) is 0 Å². The summed E-state index contributed by atoms with van der Waals surface area (Å²) in [6.07, 6.45) is 0. The Hall–Kier alpha value is -1.21. The van der Waals surface area contributed by atoms with Gasteiger partial charge < -0.3 is 5.32 Å². The molecule has 0 aliphatic rings.